The molecule has 0 radical (unpaired) electrons. The highest BCUT2D eigenvalue weighted by molar-refractivity contribution is 5.80. The fraction of sp³-hybridized carbons (Fsp3) is 0.600. The summed E-state index contributed by atoms with van der Waals surface area (Å²) in [5, 5.41) is 35.2. The summed E-state index contributed by atoms with van der Waals surface area (Å²) in [5.74, 6) is -0.863. The van der Waals surface area contributed by atoms with Crippen LogP contribution >= 0.6 is 0 Å². The summed E-state index contributed by atoms with van der Waals surface area (Å²) < 4.78 is 10.8. The van der Waals surface area contributed by atoms with Crippen molar-refractivity contribution in [1.82, 2.24) is 10.6 Å². The SMILES string of the molecule is CC(=O)N[C@H]1C(O)O[C@H](CO)[C@@H](O)[C@@H]1O[C@H](C)C(=O)N[C@@H](C)Cc1ccccc1. The van der Waals surface area contributed by atoms with Gasteiger partial charge in [0.15, 0.2) is 6.29 Å². The predicted molar refractivity (Wildman–Crippen MR) is 104 cm³/mol. The van der Waals surface area contributed by atoms with Crippen molar-refractivity contribution in [2.75, 3.05) is 6.61 Å². The van der Waals surface area contributed by atoms with E-state index >= 15 is 0 Å². The minimum atomic E-state index is -1.50. The number of carbonyl (C=O) groups is 2. The number of rotatable bonds is 8. The van der Waals surface area contributed by atoms with Crippen molar-refractivity contribution < 1.29 is 34.4 Å². The van der Waals surface area contributed by atoms with Gasteiger partial charge in [-0.3, -0.25) is 9.59 Å². The molecule has 0 saturated carbocycles. The van der Waals surface area contributed by atoms with Crippen LogP contribution in [-0.2, 0) is 25.5 Å². The molecule has 29 heavy (non-hydrogen) atoms. The van der Waals surface area contributed by atoms with Crippen LogP contribution in [0.25, 0.3) is 0 Å². The molecule has 0 bridgehead atoms. The van der Waals surface area contributed by atoms with Crippen LogP contribution in [0.5, 0.6) is 0 Å². The zero-order valence-electron chi connectivity index (χ0n) is 16.8. The molecule has 0 aromatic heterocycles. The topological polar surface area (TPSA) is 137 Å². The third-order valence-electron chi connectivity index (χ3n) is 4.75. The summed E-state index contributed by atoms with van der Waals surface area (Å²) in [6.45, 7) is 4.07. The van der Waals surface area contributed by atoms with E-state index in [-0.39, 0.29) is 6.04 Å². The Morgan fingerprint density at radius 2 is 1.86 bits per heavy atom. The van der Waals surface area contributed by atoms with Gasteiger partial charge in [-0.2, -0.15) is 0 Å². The van der Waals surface area contributed by atoms with Crippen molar-refractivity contribution in [3.05, 3.63) is 35.9 Å². The molecule has 5 N–H and O–H groups in total. The standard InChI is InChI=1S/C20H30N2O7/c1-11(9-14-7-5-4-6-8-14)21-19(26)12(2)28-18-16(22-13(3)24)20(27)29-15(10-23)17(18)25/h4-8,11-12,15-18,20,23,25,27H,9-10H2,1-3H3,(H,21,26)(H,22,24)/t11-,12+,15+,16+,17+,18+,20?/m0/s1. The van der Waals surface area contributed by atoms with E-state index in [1.165, 1.54) is 13.8 Å². The Morgan fingerprint density at radius 1 is 1.21 bits per heavy atom. The van der Waals surface area contributed by atoms with E-state index < -0.39 is 55.2 Å². The normalized spacial score (nSPS) is 29.0. The first-order chi connectivity index (χ1) is 13.7. The summed E-state index contributed by atoms with van der Waals surface area (Å²) >= 11 is 0. The average Bonchev–Trinajstić information content (AvgIpc) is 2.67. The van der Waals surface area contributed by atoms with Crippen LogP contribution < -0.4 is 10.6 Å². The lowest BCUT2D eigenvalue weighted by Crippen LogP contribution is -2.65. The molecule has 7 atom stereocenters. The van der Waals surface area contributed by atoms with Crippen LogP contribution in [0.3, 0.4) is 0 Å². The molecule has 0 spiro atoms. The fourth-order valence-electron chi connectivity index (χ4n) is 3.31. The number of nitrogens with one attached hydrogen (secondary N) is 2. The third kappa shape index (κ3) is 6.48. The molecule has 1 heterocycles. The van der Waals surface area contributed by atoms with Gasteiger partial charge in [0, 0.05) is 13.0 Å². The molecular formula is C20H30N2O7. The highest BCUT2D eigenvalue weighted by atomic mass is 16.6. The van der Waals surface area contributed by atoms with Gasteiger partial charge in [-0.05, 0) is 25.8 Å². The molecule has 1 aromatic rings. The Labute approximate surface area is 170 Å². The van der Waals surface area contributed by atoms with Gasteiger partial charge in [0.25, 0.3) is 0 Å². The second-order valence-corrected chi connectivity index (χ2v) is 7.31. The van der Waals surface area contributed by atoms with Crippen LogP contribution in [0.15, 0.2) is 30.3 Å². The minimum Gasteiger partial charge on any atom is -0.394 e. The van der Waals surface area contributed by atoms with E-state index in [1.807, 2.05) is 37.3 Å². The maximum Gasteiger partial charge on any atom is 0.249 e. The van der Waals surface area contributed by atoms with Gasteiger partial charge in [0.1, 0.15) is 30.5 Å². The molecule has 1 aliphatic heterocycles. The van der Waals surface area contributed by atoms with Crippen molar-refractivity contribution in [3.63, 3.8) is 0 Å². The molecule has 2 rings (SSSR count). The summed E-state index contributed by atoms with van der Waals surface area (Å²) in [4.78, 5) is 24.0. The third-order valence-corrected chi connectivity index (χ3v) is 4.75. The first-order valence-electron chi connectivity index (χ1n) is 9.62. The zero-order chi connectivity index (χ0) is 21.6. The van der Waals surface area contributed by atoms with E-state index in [0.29, 0.717) is 6.42 Å². The number of aliphatic hydroxyl groups is 3. The lowest BCUT2D eigenvalue weighted by atomic mass is 9.96. The van der Waals surface area contributed by atoms with E-state index in [2.05, 4.69) is 10.6 Å². The summed E-state index contributed by atoms with van der Waals surface area (Å²) in [5.41, 5.74) is 1.08. The Bertz CT molecular complexity index is 672. The smallest absolute Gasteiger partial charge is 0.249 e. The number of amides is 2. The van der Waals surface area contributed by atoms with Gasteiger partial charge in [-0.1, -0.05) is 30.3 Å². The van der Waals surface area contributed by atoms with Crippen LogP contribution in [0.4, 0.5) is 0 Å². The lowest BCUT2D eigenvalue weighted by Gasteiger charge is -2.43. The highest BCUT2D eigenvalue weighted by Gasteiger charge is 2.46. The first kappa shape index (κ1) is 23.2. The average molecular weight is 410 g/mol. The van der Waals surface area contributed by atoms with E-state index in [9.17, 15) is 24.9 Å². The molecule has 1 saturated heterocycles. The molecule has 1 unspecified atom stereocenters. The van der Waals surface area contributed by atoms with Crippen molar-refractivity contribution in [3.8, 4) is 0 Å². The molecular weight excluding hydrogens is 380 g/mol. The van der Waals surface area contributed by atoms with Gasteiger partial charge in [0.05, 0.1) is 6.61 Å². The van der Waals surface area contributed by atoms with E-state index in [0.717, 1.165) is 5.56 Å². The fourth-order valence-corrected chi connectivity index (χ4v) is 3.31. The number of hydrogen-bond donors (Lipinski definition) is 5. The Kier molecular flexibility index (Phi) is 8.54. The van der Waals surface area contributed by atoms with Gasteiger partial charge in [-0.15, -0.1) is 0 Å². The number of carbonyl (C=O) groups excluding carboxylic acids is 2. The van der Waals surface area contributed by atoms with Crippen LogP contribution in [0, 0.1) is 0 Å². The Morgan fingerprint density at radius 3 is 2.45 bits per heavy atom. The molecule has 2 amide bonds. The van der Waals surface area contributed by atoms with Crippen molar-refractivity contribution >= 4 is 11.8 Å². The summed E-state index contributed by atoms with van der Waals surface area (Å²) in [6, 6.07) is 8.45. The molecule has 0 aliphatic carbocycles. The van der Waals surface area contributed by atoms with Gasteiger partial charge in [-0.25, -0.2) is 0 Å². The minimum absolute atomic E-state index is 0.155. The molecule has 1 fully saturated rings. The van der Waals surface area contributed by atoms with Crippen molar-refractivity contribution in [2.24, 2.45) is 0 Å². The first-order valence-corrected chi connectivity index (χ1v) is 9.62. The monoisotopic (exact) mass is 410 g/mol. The summed E-state index contributed by atoms with van der Waals surface area (Å²) in [6.07, 6.45) is -5.45. The van der Waals surface area contributed by atoms with E-state index in [4.69, 9.17) is 9.47 Å². The van der Waals surface area contributed by atoms with Crippen molar-refractivity contribution in [2.45, 2.75) is 70.0 Å². The van der Waals surface area contributed by atoms with Crippen LogP contribution in [-0.4, -0.2) is 76.5 Å². The van der Waals surface area contributed by atoms with Gasteiger partial charge < -0.3 is 35.4 Å². The maximum atomic E-state index is 12.5. The maximum absolute atomic E-state index is 12.5. The van der Waals surface area contributed by atoms with Crippen molar-refractivity contribution in [1.29, 1.82) is 0 Å². The zero-order valence-corrected chi connectivity index (χ0v) is 16.8. The van der Waals surface area contributed by atoms with E-state index in [1.54, 1.807) is 0 Å². The molecule has 1 aliphatic rings. The largest absolute Gasteiger partial charge is 0.394 e. The Balaban J connectivity index is 2.01. The molecule has 9 nitrogen and oxygen atoms in total. The number of hydrogen-bond acceptors (Lipinski definition) is 7. The molecule has 162 valence electrons. The number of benzene rings is 1. The predicted octanol–water partition coefficient (Wildman–Crippen LogP) is -0.917. The highest BCUT2D eigenvalue weighted by Crippen LogP contribution is 2.23. The second kappa shape index (κ2) is 10.7. The number of ether oxygens (including phenoxy) is 2. The lowest BCUT2D eigenvalue weighted by molar-refractivity contribution is -0.266. The van der Waals surface area contributed by atoms with Crippen LogP contribution in [0.2, 0.25) is 0 Å². The molecule has 9 heteroatoms. The molecule has 1 aromatic carbocycles. The number of aliphatic hydroxyl groups excluding tert-OH is 3. The van der Waals surface area contributed by atoms with Gasteiger partial charge >= 0.3 is 0 Å². The van der Waals surface area contributed by atoms with Gasteiger partial charge in [0.2, 0.25) is 11.8 Å². The second-order valence-electron chi connectivity index (χ2n) is 7.31. The quantitative estimate of drug-likeness (QED) is 0.374. The Hall–Kier alpha value is -2.04. The summed E-state index contributed by atoms with van der Waals surface area (Å²) in [7, 11) is 0. The van der Waals surface area contributed by atoms with Crippen LogP contribution in [0.1, 0.15) is 26.3 Å².